The zero-order valence-electron chi connectivity index (χ0n) is 23.1. The molecule has 37 heavy (non-hydrogen) atoms. The van der Waals surface area contributed by atoms with Crippen LogP contribution in [0, 0.1) is 34.0 Å². The summed E-state index contributed by atoms with van der Waals surface area (Å²) >= 11 is 0. The SMILES string of the molecule is CC[C@@]1(C)C[C@@H](OC(=O)CO)[C@@]2(C)C3C(=O)CC[C@@]3(CC[C@H]2C)[C@H](CNCc2ccc(C[NH3+])cc2)[C@@H]1O. The van der Waals surface area contributed by atoms with Gasteiger partial charge in [-0.05, 0) is 54.4 Å². The number of hydrogen-bond donors (Lipinski definition) is 4. The van der Waals surface area contributed by atoms with E-state index in [2.05, 4.69) is 63.0 Å². The van der Waals surface area contributed by atoms with Gasteiger partial charge in [-0.3, -0.25) is 4.79 Å². The van der Waals surface area contributed by atoms with Crippen molar-refractivity contribution in [2.45, 2.75) is 91.5 Å². The van der Waals surface area contributed by atoms with Crippen LogP contribution in [-0.2, 0) is 27.4 Å². The highest BCUT2D eigenvalue weighted by Gasteiger charge is 2.69. The van der Waals surface area contributed by atoms with Crippen LogP contribution in [0.5, 0.6) is 0 Å². The molecule has 206 valence electrons. The fraction of sp³-hybridized carbons (Fsp3) is 0.733. The summed E-state index contributed by atoms with van der Waals surface area (Å²) in [5.41, 5.74) is 4.95. The molecule has 7 nitrogen and oxygen atoms in total. The van der Waals surface area contributed by atoms with Gasteiger partial charge in [-0.25, -0.2) is 4.79 Å². The number of aliphatic hydroxyl groups excluding tert-OH is 2. The molecule has 4 rings (SSSR count). The lowest BCUT2D eigenvalue weighted by molar-refractivity contribution is -0.386. The first-order chi connectivity index (χ1) is 17.6. The summed E-state index contributed by atoms with van der Waals surface area (Å²) in [4.78, 5) is 26.1. The molecule has 0 heterocycles. The minimum atomic E-state index is -0.682. The quantitative estimate of drug-likeness (QED) is 0.395. The van der Waals surface area contributed by atoms with Crippen molar-refractivity contribution in [3.8, 4) is 0 Å². The predicted molar refractivity (Wildman–Crippen MR) is 141 cm³/mol. The summed E-state index contributed by atoms with van der Waals surface area (Å²) in [6, 6.07) is 8.46. The van der Waals surface area contributed by atoms with E-state index in [4.69, 9.17) is 4.74 Å². The molecule has 8 atom stereocenters. The third kappa shape index (κ3) is 4.77. The number of benzene rings is 1. The van der Waals surface area contributed by atoms with Crippen molar-refractivity contribution in [2.75, 3.05) is 13.2 Å². The molecule has 2 bridgehead atoms. The van der Waals surface area contributed by atoms with E-state index in [-0.39, 0.29) is 29.0 Å². The van der Waals surface area contributed by atoms with Crippen LogP contribution >= 0.6 is 0 Å². The standard InChI is InChI=1S/C30H46N2O5/c1-5-28(3)14-24(37-25(35)18-33)29(4)19(2)10-12-30(13-11-23(34)26(29)30)22(27(28)36)17-32-16-21-8-6-20(15-31)7-9-21/h6-9,19,22,24,26-27,32-33,36H,5,10-18,31H2,1-4H3/p+1/t19-,22-,24-,26?,27+,28+,29+,30+/m1/s1. The number of carbonyl (C=O) groups is 2. The molecule has 3 aliphatic carbocycles. The van der Waals surface area contributed by atoms with Crippen LogP contribution in [0.1, 0.15) is 77.3 Å². The van der Waals surface area contributed by atoms with Crippen molar-refractivity contribution in [2.24, 2.45) is 34.0 Å². The summed E-state index contributed by atoms with van der Waals surface area (Å²) in [6.07, 6.45) is 3.10. The molecule has 3 fully saturated rings. The topological polar surface area (TPSA) is 124 Å². The molecule has 1 aromatic carbocycles. The number of nitrogens with one attached hydrogen (secondary N) is 1. The second-order valence-electron chi connectivity index (χ2n) is 12.5. The largest absolute Gasteiger partial charge is 0.460 e. The number of ketones is 1. The Kier molecular flexibility index (Phi) is 8.20. The second kappa shape index (κ2) is 10.8. The third-order valence-corrected chi connectivity index (χ3v) is 10.9. The molecule has 0 aliphatic heterocycles. The van der Waals surface area contributed by atoms with Gasteiger partial charge in [-0.1, -0.05) is 52.0 Å². The van der Waals surface area contributed by atoms with Gasteiger partial charge in [-0.2, -0.15) is 0 Å². The zero-order chi connectivity index (χ0) is 27.0. The van der Waals surface area contributed by atoms with Gasteiger partial charge in [0.05, 0.1) is 12.6 Å². The molecular weight excluding hydrogens is 468 g/mol. The molecule has 1 unspecified atom stereocenters. The molecule has 0 radical (unpaired) electrons. The van der Waals surface area contributed by atoms with E-state index in [0.717, 1.165) is 32.2 Å². The molecule has 3 aliphatic rings. The lowest BCUT2D eigenvalue weighted by atomic mass is 9.43. The number of aliphatic hydroxyl groups is 2. The van der Waals surface area contributed by atoms with Crippen LogP contribution in [0.4, 0.5) is 0 Å². The van der Waals surface area contributed by atoms with Crippen molar-refractivity contribution in [3.05, 3.63) is 35.4 Å². The van der Waals surface area contributed by atoms with Crippen molar-refractivity contribution >= 4 is 11.8 Å². The van der Waals surface area contributed by atoms with Crippen molar-refractivity contribution in [1.29, 1.82) is 0 Å². The van der Waals surface area contributed by atoms with E-state index in [1.54, 1.807) is 0 Å². The van der Waals surface area contributed by atoms with E-state index in [0.29, 0.717) is 25.9 Å². The molecule has 1 aromatic rings. The third-order valence-electron chi connectivity index (χ3n) is 10.9. The maximum absolute atomic E-state index is 13.7. The molecule has 6 N–H and O–H groups in total. The van der Waals surface area contributed by atoms with Crippen molar-refractivity contribution in [1.82, 2.24) is 5.32 Å². The molecule has 0 amide bonds. The average molecular weight is 516 g/mol. The van der Waals surface area contributed by atoms with E-state index < -0.39 is 35.6 Å². The van der Waals surface area contributed by atoms with Gasteiger partial charge in [-0.15, -0.1) is 0 Å². The Balaban J connectivity index is 1.72. The molecule has 0 saturated heterocycles. The lowest BCUT2D eigenvalue weighted by Crippen LogP contribution is -2.65. The van der Waals surface area contributed by atoms with Gasteiger partial charge >= 0.3 is 5.97 Å². The monoisotopic (exact) mass is 515 g/mol. The molecule has 7 heteroatoms. The highest BCUT2D eigenvalue weighted by molar-refractivity contribution is 5.85. The van der Waals surface area contributed by atoms with Gasteiger partial charge in [0.1, 0.15) is 18.5 Å². The van der Waals surface area contributed by atoms with E-state index >= 15 is 0 Å². The zero-order valence-corrected chi connectivity index (χ0v) is 23.1. The van der Waals surface area contributed by atoms with Crippen LogP contribution < -0.4 is 11.1 Å². The van der Waals surface area contributed by atoms with Crippen LogP contribution in [-0.4, -0.2) is 47.3 Å². The minimum Gasteiger partial charge on any atom is -0.460 e. The van der Waals surface area contributed by atoms with Gasteiger partial charge in [0, 0.05) is 42.3 Å². The Bertz CT molecular complexity index is 983. The van der Waals surface area contributed by atoms with Crippen LogP contribution in [0.15, 0.2) is 24.3 Å². The Morgan fingerprint density at radius 3 is 2.49 bits per heavy atom. The fourth-order valence-electron chi connectivity index (χ4n) is 8.16. The lowest BCUT2D eigenvalue weighted by Gasteiger charge is -2.62. The predicted octanol–water partition coefficient (Wildman–Crippen LogP) is 2.62. The first-order valence-electron chi connectivity index (χ1n) is 14.1. The average Bonchev–Trinajstić information content (AvgIpc) is 3.25. The van der Waals surface area contributed by atoms with Gasteiger partial charge in [0.25, 0.3) is 0 Å². The fourth-order valence-corrected chi connectivity index (χ4v) is 8.16. The number of esters is 1. The summed E-state index contributed by atoms with van der Waals surface area (Å²) in [7, 11) is 0. The van der Waals surface area contributed by atoms with Gasteiger partial charge in [0.2, 0.25) is 0 Å². The summed E-state index contributed by atoms with van der Waals surface area (Å²) in [6.45, 7) is 9.91. The van der Waals surface area contributed by atoms with Crippen molar-refractivity contribution < 1.29 is 30.3 Å². The maximum Gasteiger partial charge on any atom is 0.332 e. The molecule has 3 saturated carbocycles. The normalized spacial score (nSPS) is 39.5. The number of ether oxygens (including phenoxy) is 1. The maximum atomic E-state index is 13.7. The minimum absolute atomic E-state index is 0.0886. The molecular formula is C30H47N2O5+. The smallest absolute Gasteiger partial charge is 0.332 e. The Morgan fingerprint density at radius 2 is 1.86 bits per heavy atom. The molecule has 0 spiro atoms. The van der Waals surface area contributed by atoms with E-state index in [9.17, 15) is 19.8 Å². The van der Waals surface area contributed by atoms with Crippen LogP contribution in [0.2, 0.25) is 0 Å². The Morgan fingerprint density at radius 1 is 1.19 bits per heavy atom. The van der Waals surface area contributed by atoms with Crippen LogP contribution in [0.3, 0.4) is 0 Å². The van der Waals surface area contributed by atoms with Crippen molar-refractivity contribution in [3.63, 3.8) is 0 Å². The van der Waals surface area contributed by atoms with E-state index in [1.807, 2.05) is 0 Å². The van der Waals surface area contributed by atoms with E-state index in [1.165, 1.54) is 11.1 Å². The molecule has 0 aromatic heterocycles. The first kappa shape index (κ1) is 28.2. The summed E-state index contributed by atoms with van der Waals surface area (Å²) < 4.78 is 5.95. The number of hydrogen-bond acceptors (Lipinski definition) is 6. The van der Waals surface area contributed by atoms with Gasteiger partial charge < -0.3 is 26.0 Å². The Labute approximate surface area is 221 Å². The van der Waals surface area contributed by atoms with Crippen LogP contribution in [0.25, 0.3) is 0 Å². The number of quaternary nitrogens is 1. The number of carbonyl (C=O) groups excluding carboxylic acids is 2. The highest BCUT2D eigenvalue weighted by atomic mass is 16.6. The number of rotatable bonds is 8. The number of Topliss-reactive ketones (excluding diaryl/α,β-unsaturated/α-hetero) is 1. The summed E-state index contributed by atoms with van der Waals surface area (Å²) in [5, 5.41) is 25.3. The summed E-state index contributed by atoms with van der Waals surface area (Å²) in [5.74, 6) is -0.605. The second-order valence-corrected chi connectivity index (χ2v) is 12.5. The Hall–Kier alpha value is -1.80. The first-order valence-corrected chi connectivity index (χ1v) is 14.1. The van der Waals surface area contributed by atoms with Gasteiger partial charge in [0.15, 0.2) is 0 Å². The highest BCUT2D eigenvalue weighted by Crippen LogP contribution is 2.68.